The topological polar surface area (TPSA) is 69.7 Å². The van der Waals surface area contributed by atoms with Crippen LogP contribution >= 0.6 is 0 Å². The first-order valence-corrected chi connectivity index (χ1v) is 7.94. The van der Waals surface area contributed by atoms with Gasteiger partial charge in [-0.25, -0.2) is 9.18 Å². The fourth-order valence-electron chi connectivity index (χ4n) is 1.90. The first-order chi connectivity index (χ1) is 11.5. The summed E-state index contributed by atoms with van der Waals surface area (Å²) < 4.78 is 81.3. The molecule has 0 spiro atoms. The van der Waals surface area contributed by atoms with E-state index in [4.69, 9.17) is 0 Å². The van der Waals surface area contributed by atoms with Crippen LogP contribution in [-0.2, 0) is 14.9 Å². The molecule has 0 aliphatic carbocycles. The van der Waals surface area contributed by atoms with Gasteiger partial charge in [0.1, 0.15) is 11.6 Å². The molecule has 0 fully saturated rings. The van der Waals surface area contributed by atoms with Crippen molar-refractivity contribution >= 4 is 16.1 Å². The van der Waals surface area contributed by atoms with Gasteiger partial charge in [0.05, 0.1) is 12.7 Å². The summed E-state index contributed by atoms with van der Waals surface area (Å²) in [5.41, 5.74) is -5.27. The monoisotopic (exact) mass is 378 g/mol. The molecule has 0 aliphatic rings. The number of ether oxygens (including phenoxy) is 1. The molecule has 0 unspecified atom stereocenters. The molecule has 2 rings (SSSR count). The van der Waals surface area contributed by atoms with E-state index in [-0.39, 0.29) is 16.7 Å². The highest BCUT2D eigenvalue weighted by molar-refractivity contribution is 7.88. The summed E-state index contributed by atoms with van der Waals surface area (Å²) in [6.45, 7) is 0. The molecule has 5 nitrogen and oxygen atoms in total. The number of rotatable bonds is 4. The maximum atomic E-state index is 13.7. The summed E-state index contributed by atoms with van der Waals surface area (Å²) in [7, 11) is -4.77. The third-order valence-electron chi connectivity index (χ3n) is 2.98. The van der Waals surface area contributed by atoms with Crippen LogP contribution in [0.5, 0.6) is 5.75 Å². The highest BCUT2D eigenvalue weighted by Gasteiger charge is 2.48. The molecule has 0 radical (unpaired) electrons. The van der Waals surface area contributed by atoms with Crippen molar-refractivity contribution in [3.05, 3.63) is 53.8 Å². The molecule has 0 atom stereocenters. The van der Waals surface area contributed by atoms with Gasteiger partial charge in [-0.15, -0.1) is 0 Å². The maximum Gasteiger partial charge on any atom is 0.534 e. The minimum atomic E-state index is -5.93. The molecule has 2 aromatic carbocycles. The summed E-state index contributed by atoms with van der Waals surface area (Å²) in [6.07, 6.45) is 0. The molecule has 0 aromatic heterocycles. The molecule has 0 heterocycles. The SMILES string of the molecule is COC(=O)c1cccc(-c2cc(F)cc(OS(=O)(=O)C(F)(F)F)c2)c1. The summed E-state index contributed by atoms with van der Waals surface area (Å²) in [5.74, 6) is -2.54. The highest BCUT2D eigenvalue weighted by Crippen LogP contribution is 2.31. The Labute approximate surface area is 139 Å². The summed E-state index contributed by atoms with van der Waals surface area (Å²) in [5, 5.41) is 0. The molecule has 2 aromatic rings. The van der Waals surface area contributed by atoms with Crippen LogP contribution in [0.3, 0.4) is 0 Å². The van der Waals surface area contributed by atoms with Crippen molar-refractivity contribution in [1.82, 2.24) is 0 Å². The maximum absolute atomic E-state index is 13.7. The van der Waals surface area contributed by atoms with Crippen LogP contribution in [0.2, 0.25) is 0 Å². The van der Waals surface area contributed by atoms with E-state index in [2.05, 4.69) is 8.92 Å². The lowest BCUT2D eigenvalue weighted by Crippen LogP contribution is -2.28. The van der Waals surface area contributed by atoms with Crippen LogP contribution in [0.15, 0.2) is 42.5 Å². The van der Waals surface area contributed by atoms with Crippen LogP contribution in [0, 0.1) is 5.82 Å². The van der Waals surface area contributed by atoms with E-state index in [0.717, 1.165) is 19.2 Å². The van der Waals surface area contributed by atoms with E-state index in [9.17, 15) is 30.8 Å². The van der Waals surface area contributed by atoms with Crippen LogP contribution in [-0.4, -0.2) is 27.0 Å². The smallest absolute Gasteiger partial charge is 0.465 e. The Morgan fingerprint density at radius 2 is 1.72 bits per heavy atom. The van der Waals surface area contributed by atoms with Gasteiger partial charge in [-0.05, 0) is 35.4 Å². The van der Waals surface area contributed by atoms with Gasteiger partial charge >= 0.3 is 21.6 Å². The summed E-state index contributed by atoms with van der Waals surface area (Å²) in [4.78, 5) is 11.5. The Hall–Kier alpha value is -2.62. The molecule has 0 amide bonds. The zero-order valence-corrected chi connectivity index (χ0v) is 13.3. The Balaban J connectivity index is 2.45. The van der Waals surface area contributed by atoms with E-state index in [0.29, 0.717) is 6.07 Å². The molecule has 0 saturated carbocycles. The number of carbonyl (C=O) groups is 1. The van der Waals surface area contributed by atoms with Gasteiger partial charge in [0.25, 0.3) is 0 Å². The number of alkyl halides is 3. The van der Waals surface area contributed by atoms with E-state index in [1.54, 1.807) is 0 Å². The van der Waals surface area contributed by atoms with Crippen LogP contribution < -0.4 is 4.18 Å². The molecule has 25 heavy (non-hydrogen) atoms. The average Bonchev–Trinajstić information content (AvgIpc) is 2.52. The second kappa shape index (κ2) is 6.71. The largest absolute Gasteiger partial charge is 0.534 e. The van der Waals surface area contributed by atoms with Gasteiger partial charge < -0.3 is 8.92 Å². The standard InChI is InChI=1S/C15H10F4O5S/c1-23-14(20)10-4-2-3-9(5-10)11-6-12(16)8-13(7-11)24-25(21,22)15(17,18)19/h2-8H,1H3. The minimum Gasteiger partial charge on any atom is -0.465 e. The minimum absolute atomic E-state index is 0.0122. The predicted octanol–water partition coefficient (Wildman–Crippen LogP) is 3.51. The predicted molar refractivity (Wildman–Crippen MR) is 78.8 cm³/mol. The lowest BCUT2D eigenvalue weighted by atomic mass is 10.0. The van der Waals surface area contributed by atoms with Crippen molar-refractivity contribution in [1.29, 1.82) is 0 Å². The van der Waals surface area contributed by atoms with E-state index < -0.39 is 33.2 Å². The Kier molecular flexibility index (Phi) is 5.02. The third kappa shape index (κ3) is 4.27. The molecule has 10 heteroatoms. The van der Waals surface area contributed by atoms with Crippen LogP contribution in [0.1, 0.15) is 10.4 Å². The Morgan fingerprint density at radius 3 is 2.32 bits per heavy atom. The highest BCUT2D eigenvalue weighted by atomic mass is 32.2. The van der Waals surface area contributed by atoms with E-state index >= 15 is 0 Å². The number of esters is 1. The van der Waals surface area contributed by atoms with Crippen molar-refractivity contribution in [2.45, 2.75) is 5.51 Å². The van der Waals surface area contributed by atoms with E-state index in [1.807, 2.05) is 0 Å². The molecule has 0 N–H and O–H groups in total. The van der Waals surface area contributed by atoms with E-state index in [1.165, 1.54) is 24.3 Å². The normalized spacial score (nSPS) is 11.9. The number of hydrogen-bond donors (Lipinski definition) is 0. The number of halogens is 4. The first kappa shape index (κ1) is 18.7. The van der Waals surface area contributed by atoms with Crippen LogP contribution in [0.25, 0.3) is 11.1 Å². The fourth-order valence-corrected chi connectivity index (χ4v) is 2.34. The second-order valence-corrected chi connectivity index (χ2v) is 6.27. The Morgan fingerprint density at radius 1 is 1.04 bits per heavy atom. The number of methoxy groups -OCH3 is 1. The van der Waals surface area contributed by atoms with Gasteiger partial charge in [-0.3, -0.25) is 0 Å². The van der Waals surface area contributed by atoms with Gasteiger partial charge in [-0.2, -0.15) is 21.6 Å². The van der Waals surface area contributed by atoms with Gasteiger partial charge in [0, 0.05) is 6.07 Å². The summed E-state index contributed by atoms with van der Waals surface area (Å²) in [6, 6.07) is 7.97. The molecular weight excluding hydrogens is 368 g/mol. The molecular formula is C15H10F4O5S. The van der Waals surface area contributed by atoms with Crippen molar-refractivity contribution in [3.8, 4) is 16.9 Å². The second-order valence-electron chi connectivity index (χ2n) is 4.73. The molecule has 0 aliphatic heterocycles. The molecule has 0 bridgehead atoms. The van der Waals surface area contributed by atoms with Gasteiger partial charge in [-0.1, -0.05) is 12.1 Å². The quantitative estimate of drug-likeness (QED) is 0.352. The average molecular weight is 378 g/mol. The zero-order valence-electron chi connectivity index (χ0n) is 12.5. The molecule has 0 saturated heterocycles. The number of carbonyl (C=O) groups excluding carboxylic acids is 1. The lowest BCUT2D eigenvalue weighted by molar-refractivity contribution is -0.0500. The fraction of sp³-hybridized carbons (Fsp3) is 0.133. The third-order valence-corrected chi connectivity index (χ3v) is 3.96. The van der Waals surface area contributed by atoms with Crippen molar-refractivity contribution in [2.75, 3.05) is 7.11 Å². The Bertz CT molecular complexity index is 906. The summed E-state index contributed by atoms with van der Waals surface area (Å²) >= 11 is 0. The van der Waals surface area contributed by atoms with Gasteiger partial charge in [0.15, 0.2) is 0 Å². The number of benzene rings is 2. The first-order valence-electron chi connectivity index (χ1n) is 6.53. The lowest BCUT2D eigenvalue weighted by Gasteiger charge is -2.11. The van der Waals surface area contributed by atoms with Crippen molar-refractivity contribution in [2.24, 2.45) is 0 Å². The molecule has 134 valence electrons. The van der Waals surface area contributed by atoms with Crippen LogP contribution in [0.4, 0.5) is 17.6 Å². The number of hydrogen-bond acceptors (Lipinski definition) is 5. The van der Waals surface area contributed by atoms with Gasteiger partial charge in [0.2, 0.25) is 0 Å². The van der Waals surface area contributed by atoms with Crippen molar-refractivity contribution in [3.63, 3.8) is 0 Å². The zero-order chi connectivity index (χ0) is 18.8. The van der Waals surface area contributed by atoms with Crippen molar-refractivity contribution < 1.29 is 39.7 Å².